The molecular weight excluding hydrogens is 364 g/mol. The minimum absolute atomic E-state index is 0.0426. The van der Waals surface area contributed by atoms with Crippen molar-refractivity contribution < 1.29 is 17.4 Å². The Hall–Kier alpha value is -2.54. The molecule has 27 heavy (non-hydrogen) atoms. The molecule has 1 aliphatic rings. The van der Waals surface area contributed by atoms with E-state index >= 15 is 0 Å². The lowest BCUT2D eigenvalue weighted by Gasteiger charge is -2.18. The summed E-state index contributed by atoms with van der Waals surface area (Å²) in [5, 5.41) is 0. The first kappa shape index (κ1) is 19.2. The molecule has 2 aromatic carbocycles. The zero-order valence-corrected chi connectivity index (χ0v) is 16.6. The smallest absolute Gasteiger partial charge is 0.339 e. The Kier molecular flexibility index (Phi) is 5.41. The fourth-order valence-corrected chi connectivity index (χ4v) is 4.14. The summed E-state index contributed by atoms with van der Waals surface area (Å²) < 4.78 is 30.4. The van der Waals surface area contributed by atoms with Crippen molar-refractivity contribution in [3.63, 3.8) is 0 Å². The molecular formula is C20H24N2O4S. The number of hydrogen-bond donors (Lipinski definition) is 0. The van der Waals surface area contributed by atoms with Gasteiger partial charge < -0.3 is 9.08 Å². The van der Waals surface area contributed by atoms with E-state index in [0.29, 0.717) is 24.5 Å². The number of nitrogens with zero attached hydrogens (tertiary/aromatic N) is 2. The van der Waals surface area contributed by atoms with Gasteiger partial charge in [0.05, 0.1) is 0 Å². The van der Waals surface area contributed by atoms with Gasteiger partial charge in [0.2, 0.25) is 0 Å². The largest absolute Gasteiger partial charge is 0.379 e. The molecule has 0 saturated carbocycles. The predicted octanol–water partition coefficient (Wildman–Crippen LogP) is 3.72. The number of carbonyl (C=O) groups is 1. The summed E-state index contributed by atoms with van der Waals surface area (Å²) >= 11 is 0. The Morgan fingerprint density at radius 1 is 1.04 bits per heavy atom. The average Bonchev–Trinajstić information content (AvgIpc) is 2.99. The molecule has 7 heteroatoms. The first-order valence-corrected chi connectivity index (χ1v) is 10.4. The Morgan fingerprint density at radius 2 is 1.74 bits per heavy atom. The molecule has 0 atom stereocenters. The van der Waals surface area contributed by atoms with Crippen molar-refractivity contribution >= 4 is 21.8 Å². The van der Waals surface area contributed by atoms with Crippen LogP contribution in [0.5, 0.6) is 5.75 Å². The molecule has 0 N–H and O–H groups in total. The van der Waals surface area contributed by atoms with E-state index in [2.05, 4.69) is 0 Å². The van der Waals surface area contributed by atoms with Crippen LogP contribution in [0.4, 0.5) is 10.5 Å². The Morgan fingerprint density at radius 3 is 2.37 bits per heavy atom. The van der Waals surface area contributed by atoms with Gasteiger partial charge in [0.1, 0.15) is 10.6 Å². The van der Waals surface area contributed by atoms with Crippen LogP contribution in [0.25, 0.3) is 0 Å². The third-order valence-corrected chi connectivity index (χ3v) is 5.80. The molecule has 0 spiro atoms. The number of aryl methyl sites for hydroxylation is 2. The quantitative estimate of drug-likeness (QED) is 0.708. The molecule has 0 radical (unpaired) electrons. The maximum absolute atomic E-state index is 12.6. The van der Waals surface area contributed by atoms with Gasteiger partial charge in [-0.2, -0.15) is 8.42 Å². The van der Waals surface area contributed by atoms with Crippen LogP contribution in [-0.2, 0) is 10.1 Å². The maximum Gasteiger partial charge on any atom is 0.339 e. The van der Waals surface area contributed by atoms with E-state index in [1.807, 2.05) is 32.9 Å². The number of benzene rings is 2. The molecule has 0 bridgehead atoms. The Bertz CT molecular complexity index is 939. The fraction of sp³-hybridized carbons (Fsp3) is 0.350. The van der Waals surface area contributed by atoms with Crippen molar-refractivity contribution in [2.24, 2.45) is 0 Å². The summed E-state index contributed by atoms with van der Waals surface area (Å²) in [4.78, 5) is 15.9. The number of anilines is 1. The van der Waals surface area contributed by atoms with E-state index in [-0.39, 0.29) is 10.9 Å². The van der Waals surface area contributed by atoms with Gasteiger partial charge >= 0.3 is 16.1 Å². The van der Waals surface area contributed by atoms with Crippen LogP contribution in [0.2, 0.25) is 0 Å². The molecule has 0 aromatic heterocycles. The molecule has 1 heterocycles. The number of rotatable bonds is 6. The summed E-state index contributed by atoms with van der Waals surface area (Å²) in [5.41, 5.74) is 2.48. The average molecular weight is 388 g/mol. The highest BCUT2D eigenvalue weighted by Crippen LogP contribution is 2.26. The normalized spacial score (nSPS) is 14.7. The van der Waals surface area contributed by atoms with E-state index in [1.54, 1.807) is 28.0 Å². The molecule has 2 amide bonds. The molecule has 144 valence electrons. The van der Waals surface area contributed by atoms with Crippen molar-refractivity contribution in [3.8, 4) is 5.75 Å². The highest BCUT2D eigenvalue weighted by molar-refractivity contribution is 7.87. The van der Waals surface area contributed by atoms with E-state index in [1.165, 1.54) is 12.1 Å². The second-order valence-corrected chi connectivity index (χ2v) is 8.27. The highest BCUT2D eigenvalue weighted by atomic mass is 32.2. The lowest BCUT2D eigenvalue weighted by molar-refractivity contribution is 0.220. The first-order chi connectivity index (χ1) is 12.8. The number of amides is 2. The van der Waals surface area contributed by atoms with Crippen molar-refractivity contribution in [3.05, 3.63) is 53.6 Å². The fourth-order valence-electron chi connectivity index (χ4n) is 3.15. The molecule has 0 unspecified atom stereocenters. The third-order valence-electron chi connectivity index (χ3n) is 4.56. The number of hydrogen-bond acceptors (Lipinski definition) is 4. The zero-order chi connectivity index (χ0) is 19.6. The SMILES string of the molecule is CCCN1CCN(c2ccc(S(=O)(=O)Oc3ccc(C)cc3C)cc2)C1=O. The lowest BCUT2D eigenvalue weighted by atomic mass is 10.1. The first-order valence-electron chi connectivity index (χ1n) is 9.00. The Labute approximate surface area is 160 Å². The second kappa shape index (κ2) is 7.60. The molecule has 2 aromatic rings. The van der Waals surface area contributed by atoms with Crippen LogP contribution in [0, 0.1) is 13.8 Å². The van der Waals surface area contributed by atoms with E-state index in [0.717, 1.165) is 24.1 Å². The summed E-state index contributed by atoms with van der Waals surface area (Å²) in [6, 6.07) is 11.5. The molecule has 1 aliphatic heterocycles. The van der Waals surface area contributed by atoms with Gasteiger partial charge in [-0.25, -0.2) is 4.79 Å². The standard InChI is InChI=1S/C20H24N2O4S/c1-4-11-21-12-13-22(20(21)23)17-6-8-18(9-7-17)27(24,25)26-19-10-5-15(2)14-16(19)3/h5-10,14H,4,11-13H2,1-3H3. The van der Waals surface area contributed by atoms with Crippen molar-refractivity contribution in [1.29, 1.82) is 0 Å². The number of urea groups is 1. The molecule has 3 rings (SSSR count). The molecule has 1 fully saturated rings. The van der Waals surface area contributed by atoms with Gasteiger partial charge in [-0.15, -0.1) is 0 Å². The van der Waals surface area contributed by atoms with Crippen molar-refractivity contribution in [2.45, 2.75) is 32.1 Å². The zero-order valence-electron chi connectivity index (χ0n) is 15.8. The van der Waals surface area contributed by atoms with Gasteiger partial charge in [-0.1, -0.05) is 24.6 Å². The van der Waals surface area contributed by atoms with E-state index in [9.17, 15) is 13.2 Å². The van der Waals surface area contributed by atoms with Crippen LogP contribution in [-0.4, -0.2) is 39.0 Å². The number of carbonyl (C=O) groups excluding carboxylic acids is 1. The van der Waals surface area contributed by atoms with Gasteiger partial charge in [0, 0.05) is 25.3 Å². The summed E-state index contributed by atoms with van der Waals surface area (Å²) in [5.74, 6) is 0.314. The van der Waals surface area contributed by atoms with Gasteiger partial charge in [-0.3, -0.25) is 4.90 Å². The summed E-state index contributed by atoms with van der Waals surface area (Å²) in [7, 11) is -3.94. The second-order valence-electron chi connectivity index (χ2n) is 6.72. The molecule has 0 aliphatic carbocycles. The molecule has 6 nitrogen and oxygen atoms in total. The molecule has 1 saturated heterocycles. The lowest BCUT2D eigenvalue weighted by Crippen LogP contribution is -2.32. The highest BCUT2D eigenvalue weighted by Gasteiger charge is 2.29. The Balaban J connectivity index is 1.77. The van der Waals surface area contributed by atoms with Crippen molar-refractivity contribution in [2.75, 3.05) is 24.5 Å². The van der Waals surface area contributed by atoms with Gasteiger partial charge in [0.15, 0.2) is 0 Å². The minimum atomic E-state index is -3.94. The monoisotopic (exact) mass is 388 g/mol. The van der Waals surface area contributed by atoms with Crippen molar-refractivity contribution in [1.82, 2.24) is 4.90 Å². The van der Waals surface area contributed by atoms with Gasteiger partial charge in [-0.05, 0) is 56.2 Å². The van der Waals surface area contributed by atoms with Crippen LogP contribution in [0.3, 0.4) is 0 Å². The van der Waals surface area contributed by atoms with E-state index < -0.39 is 10.1 Å². The van der Waals surface area contributed by atoms with Crippen LogP contribution < -0.4 is 9.08 Å². The predicted molar refractivity (Wildman–Crippen MR) is 105 cm³/mol. The van der Waals surface area contributed by atoms with Crippen LogP contribution in [0.15, 0.2) is 47.4 Å². The topological polar surface area (TPSA) is 66.9 Å². The van der Waals surface area contributed by atoms with E-state index in [4.69, 9.17) is 4.18 Å². The third kappa shape index (κ3) is 4.08. The summed E-state index contributed by atoms with van der Waals surface area (Å²) in [6.45, 7) is 7.79. The minimum Gasteiger partial charge on any atom is -0.379 e. The van der Waals surface area contributed by atoms with Gasteiger partial charge in [0.25, 0.3) is 0 Å². The maximum atomic E-state index is 12.6. The van der Waals surface area contributed by atoms with Crippen LogP contribution in [0.1, 0.15) is 24.5 Å². The van der Waals surface area contributed by atoms with Crippen LogP contribution >= 0.6 is 0 Å². The summed E-state index contributed by atoms with van der Waals surface area (Å²) in [6.07, 6.45) is 0.909.